The number of carbonyl (C=O) groups is 2. The normalized spacial score (nSPS) is 11.9. The average Bonchev–Trinajstić information content (AvgIpc) is 2.89. The first-order valence-electron chi connectivity index (χ1n) is 11.9. The first kappa shape index (κ1) is 27.7. The summed E-state index contributed by atoms with van der Waals surface area (Å²) in [4.78, 5) is 25.0. The standard InChI is InChI=1S/C29H29FN4O4/c1-29(2,16-6-5-9-26(36)34-24-8-4-3-7-23(24)32)27(20-12-15-25(35)22(30)17-20)38-28(37)33-21-13-10-19(18-31)11-14-21/h3-5,7-15,17,27,35H,6,16,32H2,1-2H3,(H,33,37)(H,34,36)/b9-5+/t27-/m0/s1. The minimum absolute atomic E-state index is 0.337. The maximum atomic E-state index is 14.2. The predicted octanol–water partition coefficient (Wildman–Crippen LogP) is 6.28. The quantitative estimate of drug-likeness (QED) is 0.195. The molecule has 5 N–H and O–H groups in total. The molecule has 3 rings (SSSR count). The number of nitrogens with zero attached hydrogens (tertiary/aromatic N) is 1. The molecule has 0 heterocycles. The number of nitrogens with two attached hydrogens (primary N) is 1. The van der Waals surface area contributed by atoms with Gasteiger partial charge in [0.05, 0.1) is 23.0 Å². The highest BCUT2D eigenvalue weighted by atomic mass is 19.1. The van der Waals surface area contributed by atoms with Gasteiger partial charge in [0, 0.05) is 11.1 Å². The number of para-hydroxylation sites is 2. The van der Waals surface area contributed by atoms with Crippen LogP contribution in [0, 0.1) is 22.6 Å². The molecule has 0 saturated carbocycles. The molecule has 38 heavy (non-hydrogen) atoms. The number of hydrogen-bond acceptors (Lipinski definition) is 6. The summed E-state index contributed by atoms with van der Waals surface area (Å²) < 4.78 is 19.9. The van der Waals surface area contributed by atoms with E-state index in [1.165, 1.54) is 18.2 Å². The van der Waals surface area contributed by atoms with Crippen molar-refractivity contribution in [2.24, 2.45) is 5.41 Å². The highest BCUT2D eigenvalue weighted by Gasteiger charge is 2.34. The Morgan fingerprint density at radius 1 is 1.13 bits per heavy atom. The third-order valence-corrected chi connectivity index (χ3v) is 5.91. The monoisotopic (exact) mass is 516 g/mol. The number of nitrogen functional groups attached to an aromatic ring is 1. The van der Waals surface area contributed by atoms with Crippen LogP contribution in [-0.4, -0.2) is 17.1 Å². The van der Waals surface area contributed by atoms with Gasteiger partial charge in [0.2, 0.25) is 5.91 Å². The summed E-state index contributed by atoms with van der Waals surface area (Å²) in [5, 5.41) is 23.9. The Labute approximate surface area is 220 Å². The molecule has 0 aliphatic heterocycles. The largest absolute Gasteiger partial charge is 0.505 e. The van der Waals surface area contributed by atoms with E-state index >= 15 is 0 Å². The summed E-state index contributed by atoms with van der Waals surface area (Å²) in [6.45, 7) is 3.71. The summed E-state index contributed by atoms with van der Waals surface area (Å²) >= 11 is 0. The molecule has 0 aliphatic rings. The molecule has 0 radical (unpaired) electrons. The van der Waals surface area contributed by atoms with Gasteiger partial charge >= 0.3 is 6.09 Å². The van der Waals surface area contributed by atoms with Gasteiger partial charge in [0.1, 0.15) is 6.10 Å². The molecule has 0 unspecified atom stereocenters. The van der Waals surface area contributed by atoms with E-state index in [0.29, 0.717) is 41.0 Å². The van der Waals surface area contributed by atoms with E-state index in [0.717, 1.165) is 6.07 Å². The first-order chi connectivity index (χ1) is 18.1. The first-order valence-corrected chi connectivity index (χ1v) is 11.9. The third-order valence-electron chi connectivity index (χ3n) is 5.91. The molecule has 1 atom stereocenters. The van der Waals surface area contributed by atoms with Crippen molar-refractivity contribution in [2.75, 3.05) is 16.4 Å². The SMILES string of the molecule is CC(C)(CC/C=C/C(=O)Nc1ccccc1N)[C@@H](OC(=O)Nc1ccc(C#N)cc1)c1ccc(O)c(F)c1. The molecule has 0 saturated heterocycles. The Balaban J connectivity index is 1.70. The van der Waals surface area contributed by atoms with Crippen LogP contribution in [0.5, 0.6) is 5.75 Å². The molecule has 0 spiro atoms. The van der Waals surface area contributed by atoms with Crippen molar-refractivity contribution in [1.82, 2.24) is 0 Å². The second kappa shape index (κ2) is 12.4. The Morgan fingerprint density at radius 2 is 1.84 bits per heavy atom. The van der Waals surface area contributed by atoms with Crippen molar-refractivity contribution >= 4 is 29.1 Å². The van der Waals surface area contributed by atoms with Gasteiger partial charge in [0.25, 0.3) is 0 Å². The van der Waals surface area contributed by atoms with Gasteiger partial charge < -0.3 is 20.9 Å². The molecule has 8 nitrogen and oxygen atoms in total. The Kier molecular flexibility index (Phi) is 9.06. The molecular formula is C29H29FN4O4. The van der Waals surface area contributed by atoms with Crippen LogP contribution in [0.25, 0.3) is 0 Å². The molecule has 0 aliphatic carbocycles. The average molecular weight is 517 g/mol. The van der Waals surface area contributed by atoms with Crippen molar-refractivity contribution in [3.05, 3.63) is 95.8 Å². The zero-order chi connectivity index (χ0) is 27.7. The number of aromatic hydroxyl groups is 1. The van der Waals surface area contributed by atoms with Gasteiger partial charge in [-0.1, -0.05) is 38.1 Å². The number of nitrogens with one attached hydrogen (secondary N) is 2. The molecule has 0 bridgehead atoms. The molecule has 3 aromatic rings. The van der Waals surface area contributed by atoms with Crippen LogP contribution in [0.4, 0.5) is 26.2 Å². The van der Waals surface area contributed by atoms with E-state index in [4.69, 9.17) is 15.7 Å². The second-order valence-electron chi connectivity index (χ2n) is 9.32. The lowest BCUT2D eigenvalue weighted by Crippen LogP contribution is -2.29. The van der Waals surface area contributed by atoms with Crippen LogP contribution >= 0.6 is 0 Å². The fraction of sp³-hybridized carbons (Fsp3) is 0.207. The Bertz CT molecular complexity index is 1360. The molecule has 0 fully saturated rings. The Hall–Kier alpha value is -4.84. The molecule has 2 amide bonds. The number of benzene rings is 3. The number of nitriles is 1. The molecule has 3 aromatic carbocycles. The second-order valence-corrected chi connectivity index (χ2v) is 9.32. The van der Waals surface area contributed by atoms with Crippen LogP contribution in [-0.2, 0) is 9.53 Å². The van der Waals surface area contributed by atoms with E-state index in [-0.39, 0.29) is 5.91 Å². The maximum absolute atomic E-state index is 14.2. The van der Waals surface area contributed by atoms with Crippen molar-refractivity contribution in [3.8, 4) is 11.8 Å². The number of ether oxygens (including phenoxy) is 1. The van der Waals surface area contributed by atoms with Crippen LogP contribution < -0.4 is 16.4 Å². The van der Waals surface area contributed by atoms with Gasteiger partial charge in [-0.25, -0.2) is 9.18 Å². The number of phenolic OH excluding ortho intramolecular Hbond substituents is 1. The van der Waals surface area contributed by atoms with Crippen molar-refractivity contribution in [3.63, 3.8) is 0 Å². The summed E-state index contributed by atoms with van der Waals surface area (Å²) in [6, 6.07) is 19.0. The van der Waals surface area contributed by atoms with Gasteiger partial charge in [0.15, 0.2) is 11.6 Å². The summed E-state index contributed by atoms with van der Waals surface area (Å²) in [5.74, 6) is -1.69. The van der Waals surface area contributed by atoms with E-state index < -0.39 is 29.2 Å². The smallest absolute Gasteiger partial charge is 0.412 e. The van der Waals surface area contributed by atoms with Gasteiger partial charge in [-0.2, -0.15) is 5.26 Å². The van der Waals surface area contributed by atoms with Crippen LogP contribution in [0.2, 0.25) is 0 Å². The minimum atomic E-state index is -0.887. The molecular weight excluding hydrogens is 487 g/mol. The number of halogens is 1. The number of anilines is 3. The third kappa shape index (κ3) is 7.58. The van der Waals surface area contributed by atoms with Crippen molar-refractivity contribution < 1.29 is 23.8 Å². The maximum Gasteiger partial charge on any atom is 0.412 e. The van der Waals surface area contributed by atoms with E-state index in [1.807, 2.05) is 19.9 Å². The van der Waals surface area contributed by atoms with Gasteiger partial charge in [-0.05, 0) is 73.0 Å². The predicted molar refractivity (Wildman–Crippen MR) is 144 cm³/mol. The van der Waals surface area contributed by atoms with Crippen molar-refractivity contribution in [1.29, 1.82) is 5.26 Å². The zero-order valence-corrected chi connectivity index (χ0v) is 21.1. The fourth-order valence-electron chi connectivity index (χ4n) is 3.81. The van der Waals surface area contributed by atoms with Crippen LogP contribution in [0.3, 0.4) is 0 Å². The number of amides is 2. The zero-order valence-electron chi connectivity index (χ0n) is 21.1. The summed E-state index contributed by atoms with van der Waals surface area (Å²) in [5.41, 5.74) is 7.35. The van der Waals surface area contributed by atoms with Crippen LogP contribution in [0.1, 0.15) is 43.9 Å². The minimum Gasteiger partial charge on any atom is -0.505 e. The van der Waals surface area contributed by atoms with E-state index in [9.17, 15) is 19.1 Å². The fourth-order valence-corrected chi connectivity index (χ4v) is 3.81. The number of rotatable bonds is 9. The number of carbonyl (C=O) groups excluding carboxylic acids is 2. The molecule has 9 heteroatoms. The summed E-state index contributed by atoms with van der Waals surface area (Å²) in [6.07, 6.45) is 2.38. The lowest BCUT2D eigenvalue weighted by molar-refractivity contribution is -0.111. The Morgan fingerprint density at radius 3 is 2.50 bits per heavy atom. The number of hydrogen-bond donors (Lipinski definition) is 4. The van der Waals surface area contributed by atoms with Gasteiger partial charge in [-0.15, -0.1) is 0 Å². The van der Waals surface area contributed by atoms with E-state index in [1.54, 1.807) is 54.6 Å². The van der Waals surface area contributed by atoms with Crippen LogP contribution in [0.15, 0.2) is 78.9 Å². The lowest BCUT2D eigenvalue weighted by atomic mass is 9.78. The highest BCUT2D eigenvalue weighted by molar-refractivity contribution is 6.01. The summed E-state index contributed by atoms with van der Waals surface area (Å²) in [7, 11) is 0. The number of allylic oxidation sites excluding steroid dienone is 1. The van der Waals surface area contributed by atoms with Crippen molar-refractivity contribution in [2.45, 2.75) is 32.8 Å². The highest BCUT2D eigenvalue weighted by Crippen LogP contribution is 2.41. The molecule has 196 valence electrons. The topological polar surface area (TPSA) is 137 Å². The van der Waals surface area contributed by atoms with Gasteiger partial charge in [-0.3, -0.25) is 10.1 Å². The number of phenols is 1. The molecule has 0 aromatic heterocycles. The van der Waals surface area contributed by atoms with E-state index in [2.05, 4.69) is 10.6 Å². The lowest BCUT2D eigenvalue weighted by Gasteiger charge is -2.34.